The molecule has 22 heavy (non-hydrogen) atoms. The van der Waals surface area contributed by atoms with Crippen molar-refractivity contribution in [2.45, 2.75) is 33.6 Å². The van der Waals surface area contributed by atoms with Crippen LogP contribution in [0.1, 0.15) is 44.0 Å². The first-order valence-corrected chi connectivity index (χ1v) is 7.47. The predicted octanol–water partition coefficient (Wildman–Crippen LogP) is 3.80. The van der Waals surface area contributed by atoms with Gasteiger partial charge in [0.15, 0.2) is 5.78 Å². The highest BCUT2D eigenvalue weighted by molar-refractivity contribution is 6.08. The van der Waals surface area contributed by atoms with E-state index < -0.39 is 11.9 Å². The molecule has 0 N–H and O–H groups in total. The molecule has 4 nitrogen and oxygen atoms in total. The maximum atomic E-state index is 12.6. The van der Waals surface area contributed by atoms with Gasteiger partial charge in [-0.1, -0.05) is 23.8 Å². The summed E-state index contributed by atoms with van der Waals surface area (Å²) in [7, 11) is 1.54. The minimum Gasteiger partial charge on any atom is -0.497 e. The van der Waals surface area contributed by atoms with Crippen molar-refractivity contribution in [2.75, 3.05) is 13.7 Å². The number of hydrogen-bond donors (Lipinski definition) is 0. The van der Waals surface area contributed by atoms with Crippen molar-refractivity contribution in [3.63, 3.8) is 0 Å². The number of rotatable bonds is 8. The summed E-state index contributed by atoms with van der Waals surface area (Å²) in [6, 6.07) is 6.84. The van der Waals surface area contributed by atoms with E-state index in [1.54, 1.807) is 38.3 Å². The molecule has 1 rings (SSSR count). The van der Waals surface area contributed by atoms with Gasteiger partial charge in [-0.15, -0.1) is 0 Å². The van der Waals surface area contributed by atoms with E-state index in [4.69, 9.17) is 9.47 Å². The molecule has 0 bridgehead atoms. The van der Waals surface area contributed by atoms with Crippen molar-refractivity contribution >= 4 is 11.8 Å². The van der Waals surface area contributed by atoms with Crippen LogP contribution in [0.15, 0.2) is 35.9 Å². The first-order chi connectivity index (χ1) is 10.5. The molecule has 0 amide bonds. The summed E-state index contributed by atoms with van der Waals surface area (Å²) in [5, 5.41) is 0. The van der Waals surface area contributed by atoms with Crippen LogP contribution in [-0.4, -0.2) is 25.5 Å². The predicted molar refractivity (Wildman–Crippen MR) is 86.1 cm³/mol. The van der Waals surface area contributed by atoms with E-state index in [0.29, 0.717) is 24.2 Å². The molecule has 4 heteroatoms. The molecule has 0 saturated carbocycles. The monoisotopic (exact) mass is 304 g/mol. The highest BCUT2D eigenvalue weighted by atomic mass is 16.5. The number of esters is 1. The Morgan fingerprint density at radius 1 is 1.27 bits per heavy atom. The van der Waals surface area contributed by atoms with Gasteiger partial charge in [0.05, 0.1) is 13.7 Å². The molecule has 0 aliphatic carbocycles. The van der Waals surface area contributed by atoms with Crippen LogP contribution in [0.4, 0.5) is 0 Å². The molecule has 0 radical (unpaired) electrons. The average molecular weight is 304 g/mol. The van der Waals surface area contributed by atoms with E-state index in [9.17, 15) is 9.59 Å². The highest BCUT2D eigenvalue weighted by Crippen LogP contribution is 2.20. The molecule has 1 atom stereocenters. The van der Waals surface area contributed by atoms with Crippen LogP contribution in [0, 0.1) is 5.92 Å². The Bertz CT molecular complexity index is 542. The fourth-order valence-electron chi connectivity index (χ4n) is 2.12. The normalized spacial score (nSPS) is 11.5. The van der Waals surface area contributed by atoms with Gasteiger partial charge >= 0.3 is 5.97 Å². The fraction of sp³-hybridized carbons (Fsp3) is 0.444. The number of methoxy groups -OCH3 is 1. The Kier molecular flexibility index (Phi) is 7.37. The van der Waals surface area contributed by atoms with Gasteiger partial charge in [0.25, 0.3) is 0 Å². The summed E-state index contributed by atoms with van der Waals surface area (Å²) in [5.74, 6) is -0.864. The summed E-state index contributed by atoms with van der Waals surface area (Å²) < 4.78 is 10.2. The van der Waals surface area contributed by atoms with Crippen LogP contribution in [0.2, 0.25) is 0 Å². The zero-order chi connectivity index (χ0) is 16.5. The maximum Gasteiger partial charge on any atom is 0.316 e. The van der Waals surface area contributed by atoms with Crippen LogP contribution in [0.25, 0.3) is 0 Å². The third-order valence-electron chi connectivity index (χ3n) is 3.25. The van der Waals surface area contributed by atoms with Gasteiger partial charge < -0.3 is 9.47 Å². The fourth-order valence-corrected chi connectivity index (χ4v) is 2.12. The molecule has 0 saturated heterocycles. The zero-order valence-corrected chi connectivity index (χ0v) is 13.7. The number of Topliss-reactive ketones (excluding diaryl/α,β-unsaturated/α-hetero) is 1. The topological polar surface area (TPSA) is 52.6 Å². The van der Waals surface area contributed by atoms with Gasteiger partial charge in [0.1, 0.15) is 11.7 Å². The number of hydrogen-bond acceptors (Lipinski definition) is 4. The number of carbonyl (C=O) groups excluding carboxylic acids is 2. The highest BCUT2D eigenvalue weighted by Gasteiger charge is 2.28. The molecule has 1 aromatic rings. The van der Waals surface area contributed by atoms with Gasteiger partial charge in [-0.2, -0.15) is 0 Å². The number of benzene rings is 1. The second-order valence-electron chi connectivity index (χ2n) is 5.26. The molecule has 0 aromatic heterocycles. The molecule has 120 valence electrons. The van der Waals surface area contributed by atoms with E-state index in [2.05, 4.69) is 0 Å². The Morgan fingerprint density at radius 2 is 2.00 bits per heavy atom. The van der Waals surface area contributed by atoms with Gasteiger partial charge in [-0.3, -0.25) is 9.59 Å². The molecule has 0 fully saturated rings. The van der Waals surface area contributed by atoms with Crippen molar-refractivity contribution in [2.24, 2.45) is 5.92 Å². The smallest absolute Gasteiger partial charge is 0.316 e. The van der Waals surface area contributed by atoms with Crippen LogP contribution < -0.4 is 4.74 Å². The average Bonchev–Trinajstić information content (AvgIpc) is 2.51. The molecule has 0 spiro atoms. The van der Waals surface area contributed by atoms with Crippen molar-refractivity contribution in [1.29, 1.82) is 0 Å². The van der Waals surface area contributed by atoms with Crippen LogP contribution >= 0.6 is 0 Å². The van der Waals surface area contributed by atoms with Crippen LogP contribution in [0.5, 0.6) is 5.75 Å². The Hall–Kier alpha value is -2.10. The van der Waals surface area contributed by atoms with E-state index in [-0.39, 0.29) is 12.4 Å². The third-order valence-corrected chi connectivity index (χ3v) is 3.25. The molecule has 0 heterocycles. The van der Waals surface area contributed by atoms with Crippen molar-refractivity contribution in [3.05, 3.63) is 41.5 Å². The summed E-state index contributed by atoms with van der Waals surface area (Å²) in [5.41, 5.74) is 1.63. The quantitative estimate of drug-likeness (QED) is 0.317. The maximum absolute atomic E-state index is 12.6. The summed E-state index contributed by atoms with van der Waals surface area (Å²) in [6.07, 6.45) is 3.13. The molecule has 1 aromatic carbocycles. The lowest BCUT2D eigenvalue weighted by Crippen LogP contribution is -2.26. The first-order valence-electron chi connectivity index (χ1n) is 7.47. The summed E-state index contributed by atoms with van der Waals surface area (Å²) in [6.45, 7) is 5.98. The molecular formula is C18H24O4. The Morgan fingerprint density at radius 3 is 2.59 bits per heavy atom. The lowest BCUT2D eigenvalue weighted by molar-refractivity contribution is -0.146. The third kappa shape index (κ3) is 5.35. The van der Waals surface area contributed by atoms with Crippen molar-refractivity contribution in [1.82, 2.24) is 0 Å². The molecule has 0 aliphatic heterocycles. The zero-order valence-electron chi connectivity index (χ0n) is 13.7. The number of carbonyl (C=O) groups is 2. The minimum atomic E-state index is -0.775. The van der Waals surface area contributed by atoms with E-state index in [1.807, 2.05) is 19.9 Å². The standard InChI is InChI=1S/C18H24O4/c1-5-22-18(20)16(11-6-8-13(2)3)17(19)14-9-7-10-15(12-14)21-4/h7-10,12,16H,5-6,11H2,1-4H3. The van der Waals surface area contributed by atoms with Crippen LogP contribution in [0.3, 0.4) is 0 Å². The van der Waals surface area contributed by atoms with E-state index in [1.165, 1.54) is 0 Å². The lowest BCUT2D eigenvalue weighted by Gasteiger charge is -2.14. The molecule has 1 unspecified atom stereocenters. The number of ether oxygens (including phenoxy) is 2. The summed E-state index contributed by atoms with van der Waals surface area (Å²) in [4.78, 5) is 24.7. The molecular weight excluding hydrogens is 280 g/mol. The number of allylic oxidation sites excluding steroid dienone is 2. The minimum absolute atomic E-state index is 0.223. The second-order valence-corrected chi connectivity index (χ2v) is 5.26. The SMILES string of the molecule is CCOC(=O)C(CCC=C(C)C)C(=O)c1cccc(OC)c1. The van der Waals surface area contributed by atoms with Crippen LogP contribution in [-0.2, 0) is 9.53 Å². The lowest BCUT2D eigenvalue weighted by atomic mass is 9.93. The summed E-state index contributed by atoms with van der Waals surface area (Å²) >= 11 is 0. The second kappa shape index (κ2) is 9.03. The van der Waals surface area contributed by atoms with Gasteiger partial charge in [-0.25, -0.2) is 0 Å². The van der Waals surface area contributed by atoms with E-state index in [0.717, 1.165) is 5.57 Å². The number of ketones is 1. The molecule has 0 aliphatic rings. The van der Waals surface area contributed by atoms with Gasteiger partial charge in [-0.05, 0) is 45.7 Å². The largest absolute Gasteiger partial charge is 0.497 e. The van der Waals surface area contributed by atoms with E-state index >= 15 is 0 Å². The Labute approximate surface area is 132 Å². The first kappa shape index (κ1) is 18.0. The van der Waals surface area contributed by atoms with Gasteiger partial charge in [0, 0.05) is 5.56 Å². The van der Waals surface area contributed by atoms with Crippen molar-refractivity contribution in [3.8, 4) is 5.75 Å². The Balaban J connectivity index is 2.95. The van der Waals surface area contributed by atoms with Gasteiger partial charge in [0.2, 0.25) is 0 Å². The van der Waals surface area contributed by atoms with Crippen molar-refractivity contribution < 1.29 is 19.1 Å².